The molecule has 0 aromatic heterocycles. The molecule has 7 nitrogen and oxygen atoms in total. The highest BCUT2D eigenvalue weighted by Gasteiger charge is 2.21. The monoisotopic (exact) mass is 439 g/mol. The number of nitrogens with one attached hydrogen (secondary N) is 3. The number of carbonyl (C=O) groups is 2. The summed E-state index contributed by atoms with van der Waals surface area (Å²) in [6.45, 7) is 4.97. The zero-order chi connectivity index (χ0) is 22.8. The lowest BCUT2D eigenvalue weighted by Gasteiger charge is -2.16. The fourth-order valence-corrected chi connectivity index (χ4v) is 3.45. The van der Waals surface area contributed by atoms with Crippen LogP contribution in [-0.2, 0) is 22.6 Å². The van der Waals surface area contributed by atoms with Crippen LogP contribution in [0.5, 0.6) is 0 Å². The van der Waals surface area contributed by atoms with Crippen molar-refractivity contribution in [1.29, 1.82) is 0 Å². The van der Waals surface area contributed by atoms with E-state index < -0.39 is 0 Å². The van der Waals surface area contributed by atoms with E-state index in [1.807, 2.05) is 36.1 Å². The lowest BCUT2D eigenvalue weighted by atomic mass is 10.1. The van der Waals surface area contributed by atoms with E-state index in [1.165, 1.54) is 12.1 Å². The van der Waals surface area contributed by atoms with Crippen molar-refractivity contribution < 1.29 is 14.0 Å². The highest BCUT2D eigenvalue weighted by atomic mass is 19.1. The largest absolute Gasteiger partial charge is 0.357 e. The molecule has 2 amide bonds. The van der Waals surface area contributed by atoms with Crippen LogP contribution in [-0.4, -0.2) is 44.0 Å². The maximum atomic E-state index is 12.9. The van der Waals surface area contributed by atoms with Crippen molar-refractivity contribution in [3.63, 3.8) is 0 Å². The normalized spacial score (nSPS) is 13.9. The number of hydrogen-bond donors (Lipinski definition) is 3. The van der Waals surface area contributed by atoms with E-state index in [2.05, 4.69) is 20.9 Å². The molecule has 0 bridgehead atoms. The van der Waals surface area contributed by atoms with Crippen molar-refractivity contribution in [3.8, 4) is 0 Å². The zero-order valence-corrected chi connectivity index (χ0v) is 18.4. The van der Waals surface area contributed by atoms with Gasteiger partial charge in [0.05, 0.1) is 13.0 Å². The van der Waals surface area contributed by atoms with Crippen LogP contribution in [0.2, 0.25) is 0 Å². The summed E-state index contributed by atoms with van der Waals surface area (Å²) >= 11 is 0. The van der Waals surface area contributed by atoms with Gasteiger partial charge in [0.25, 0.3) is 0 Å². The van der Waals surface area contributed by atoms with Gasteiger partial charge in [-0.2, -0.15) is 0 Å². The number of rotatable bonds is 9. The molecule has 170 valence electrons. The molecule has 8 heteroatoms. The SMILES string of the molecule is CCNC(=NCc1ccc(N2CCCC2=O)cc1)NCCNC(=O)Cc1ccc(F)cc1. The van der Waals surface area contributed by atoms with Crippen LogP contribution in [0.1, 0.15) is 30.9 Å². The predicted octanol–water partition coefficient (Wildman–Crippen LogP) is 2.37. The Hall–Kier alpha value is -3.42. The third-order valence-corrected chi connectivity index (χ3v) is 5.10. The summed E-state index contributed by atoms with van der Waals surface area (Å²) in [7, 11) is 0. The maximum absolute atomic E-state index is 12.9. The second-order valence-electron chi connectivity index (χ2n) is 7.59. The van der Waals surface area contributed by atoms with Crippen LogP contribution in [0.3, 0.4) is 0 Å². The quantitative estimate of drug-likeness (QED) is 0.318. The maximum Gasteiger partial charge on any atom is 0.227 e. The summed E-state index contributed by atoms with van der Waals surface area (Å²) < 4.78 is 12.9. The minimum Gasteiger partial charge on any atom is -0.357 e. The lowest BCUT2D eigenvalue weighted by molar-refractivity contribution is -0.120. The summed E-state index contributed by atoms with van der Waals surface area (Å²) in [5.74, 6) is 0.418. The van der Waals surface area contributed by atoms with Crippen LogP contribution >= 0.6 is 0 Å². The molecule has 0 aliphatic carbocycles. The van der Waals surface area contributed by atoms with E-state index in [9.17, 15) is 14.0 Å². The van der Waals surface area contributed by atoms with Crippen molar-refractivity contribution in [2.24, 2.45) is 4.99 Å². The van der Waals surface area contributed by atoms with E-state index >= 15 is 0 Å². The Balaban J connectivity index is 1.42. The fraction of sp³-hybridized carbons (Fsp3) is 0.375. The van der Waals surface area contributed by atoms with Gasteiger partial charge < -0.3 is 20.9 Å². The average molecular weight is 440 g/mol. The first-order valence-electron chi connectivity index (χ1n) is 11.0. The molecule has 32 heavy (non-hydrogen) atoms. The van der Waals surface area contributed by atoms with Crippen molar-refractivity contribution in [3.05, 3.63) is 65.5 Å². The molecule has 0 unspecified atom stereocenters. The number of aliphatic imine (C=N–C) groups is 1. The average Bonchev–Trinajstić information content (AvgIpc) is 3.22. The molecule has 3 N–H and O–H groups in total. The molecule has 0 atom stereocenters. The molecule has 0 saturated carbocycles. The van der Waals surface area contributed by atoms with Crippen molar-refractivity contribution in [2.75, 3.05) is 31.1 Å². The van der Waals surface area contributed by atoms with Crippen LogP contribution in [0, 0.1) is 5.82 Å². The van der Waals surface area contributed by atoms with Gasteiger partial charge in [0, 0.05) is 38.3 Å². The van der Waals surface area contributed by atoms with Crippen molar-refractivity contribution in [2.45, 2.75) is 32.7 Å². The van der Waals surface area contributed by atoms with Gasteiger partial charge in [-0.15, -0.1) is 0 Å². The van der Waals surface area contributed by atoms with Crippen LogP contribution in [0.15, 0.2) is 53.5 Å². The standard InChI is InChI=1S/C24H30FN5O2/c1-2-26-24(28-14-13-27-22(31)16-18-5-9-20(25)10-6-18)29-17-19-7-11-21(12-8-19)30-15-3-4-23(30)32/h5-12H,2-4,13-17H2,1H3,(H,27,31)(H2,26,28,29). The van der Waals surface area contributed by atoms with E-state index in [0.29, 0.717) is 32.0 Å². The Morgan fingerprint density at radius 3 is 2.34 bits per heavy atom. The second-order valence-corrected chi connectivity index (χ2v) is 7.59. The third-order valence-electron chi connectivity index (χ3n) is 5.10. The van der Waals surface area contributed by atoms with Crippen molar-refractivity contribution in [1.82, 2.24) is 16.0 Å². The molecule has 1 fully saturated rings. The molecular formula is C24H30FN5O2. The van der Waals surface area contributed by atoms with Gasteiger partial charge in [0.2, 0.25) is 11.8 Å². The van der Waals surface area contributed by atoms with Gasteiger partial charge in [-0.1, -0.05) is 24.3 Å². The number of anilines is 1. The van der Waals surface area contributed by atoms with Crippen LogP contribution in [0.4, 0.5) is 10.1 Å². The first kappa shape index (κ1) is 23.2. The number of halogens is 1. The lowest BCUT2D eigenvalue weighted by Crippen LogP contribution is -2.41. The highest BCUT2D eigenvalue weighted by Crippen LogP contribution is 2.21. The number of guanidine groups is 1. The highest BCUT2D eigenvalue weighted by molar-refractivity contribution is 5.95. The van der Waals surface area contributed by atoms with Gasteiger partial charge in [-0.3, -0.25) is 9.59 Å². The molecular weight excluding hydrogens is 409 g/mol. The third kappa shape index (κ3) is 7.08. The molecule has 1 aliphatic rings. The van der Waals surface area contributed by atoms with Crippen LogP contribution in [0.25, 0.3) is 0 Å². The van der Waals surface area contributed by atoms with Gasteiger partial charge >= 0.3 is 0 Å². The first-order chi connectivity index (χ1) is 15.5. The molecule has 3 rings (SSSR count). The smallest absolute Gasteiger partial charge is 0.227 e. The second kappa shape index (κ2) is 11.8. The fourth-order valence-electron chi connectivity index (χ4n) is 3.45. The number of carbonyl (C=O) groups excluding carboxylic acids is 2. The molecule has 2 aromatic rings. The minimum absolute atomic E-state index is 0.114. The van der Waals surface area contributed by atoms with Crippen LogP contribution < -0.4 is 20.9 Å². The van der Waals surface area contributed by atoms with Crippen molar-refractivity contribution >= 4 is 23.5 Å². The van der Waals surface area contributed by atoms with E-state index in [0.717, 1.165) is 36.3 Å². The Labute approximate surface area is 188 Å². The summed E-state index contributed by atoms with van der Waals surface area (Å²) in [5.41, 5.74) is 2.75. The Morgan fingerprint density at radius 1 is 1.00 bits per heavy atom. The number of benzene rings is 2. The van der Waals surface area contributed by atoms with E-state index in [1.54, 1.807) is 12.1 Å². The molecule has 0 radical (unpaired) electrons. The van der Waals surface area contributed by atoms with Gasteiger partial charge in [0.15, 0.2) is 5.96 Å². The van der Waals surface area contributed by atoms with E-state index in [-0.39, 0.29) is 24.1 Å². The van der Waals surface area contributed by atoms with Gasteiger partial charge in [-0.25, -0.2) is 9.38 Å². The molecule has 1 saturated heterocycles. The summed E-state index contributed by atoms with van der Waals surface area (Å²) in [5, 5.41) is 9.23. The Bertz CT molecular complexity index is 928. The zero-order valence-electron chi connectivity index (χ0n) is 18.4. The Morgan fingerprint density at radius 2 is 1.69 bits per heavy atom. The number of amides is 2. The summed E-state index contributed by atoms with van der Waals surface area (Å²) in [4.78, 5) is 30.3. The van der Waals surface area contributed by atoms with E-state index in [4.69, 9.17) is 0 Å². The first-order valence-corrected chi connectivity index (χ1v) is 11.0. The minimum atomic E-state index is -0.314. The summed E-state index contributed by atoms with van der Waals surface area (Å²) in [6.07, 6.45) is 1.75. The van der Waals surface area contributed by atoms with Gasteiger partial charge in [-0.05, 0) is 48.7 Å². The molecule has 1 aliphatic heterocycles. The van der Waals surface area contributed by atoms with Gasteiger partial charge in [0.1, 0.15) is 5.82 Å². The summed E-state index contributed by atoms with van der Waals surface area (Å²) in [6, 6.07) is 13.8. The topological polar surface area (TPSA) is 85.8 Å². The number of hydrogen-bond acceptors (Lipinski definition) is 3. The number of nitrogens with zero attached hydrogens (tertiary/aromatic N) is 2. The predicted molar refractivity (Wildman–Crippen MR) is 124 cm³/mol. The molecule has 2 aromatic carbocycles. The molecule has 1 heterocycles. The molecule has 0 spiro atoms. The Kier molecular flexibility index (Phi) is 8.60.